The smallest absolute Gasteiger partial charge is 0.251 e. The number of rotatable bonds is 6. The number of fused-ring (bicyclic) bond motifs is 1. The third-order valence-corrected chi connectivity index (χ3v) is 5.89. The van der Waals surface area contributed by atoms with Crippen LogP contribution < -0.4 is 13.8 Å². The molecule has 5 rings (SSSR count). The molecule has 1 N–H and O–H groups in total. The zero-order valence-electron chi connectivity index (χ0n) is 16.7. The quantitative estimate of drug-likeness (QED) is 0.354. The van der Waals surface area contributed by atoms with Crippen LogP contribution in [-0.4, -0.2) is 28.5 Å². The van der Waals surface area contributed by atoms with Gasteiger partial charge in [-0.15, -0.1) is 0 Å². The van der Waals surface area contributed by atoms with Crippen LogP contribution in [-0.2, 0) is 11.4 Å². The SMILES string of the molecule is O=Cc1ccn(-c2ccc3c(F)c(N4CC(=O)NS4)c(OCc4ccccc4)cc3c2)n1. The van der Waals surface area contributed by atoms with Crippen molar-refractivity contribution in [2.75, 3.05) is 10.8 Å². The van der Waals surface area contributed by atoms with E-state index in [1.807, 2.05) is 30.3 Å². The first-order valence-corrected chi connectivity index (χ1v) is 10.6. The van der Waals surface area contributed by atoms with Crippen molar-refractivity contribution in [2.24, 2.45) is 0 Å². The van der Waals surface area contributed by atoms with Gasteiger partial charge in [0.25, 0.3) is 5.91 Å². The predicted octanol–water partition coefficient (Wildman–Crippen LogP) is 4.06. The molecule has 32 heavy (non-hydrogen) atoms. The minimum atomic E-state index is -0.477. The van der Waals surface area contributed by atoms with E-state index in [0.717, 1.165) is 17.7 Å². The molecule has 1 aromatic heterocycles. The highest BCUT2D eigenvalue weighted by Crippen LogP contribution is 2.41. The lowest BCUT2D eigenvalue weighted by Crippen LogP contribution is -2.17. The molecule has 1 fully saturated rings. The fraction of sp³-hybridized carbons (Fsp3) is 0.0870. The number of aldehydes is 1. The van der Waals surface area contributed by atoms with Crippen molar-refractivity contribution in [3.8, 4) is 11.4 Å². The van der Waals surface area contributed by atoms with Crippen LogP contribution in [0.3, 0.4) is 0 Å². The monoisotopic (exact) mass is 448 g/mol. The van der Waals surface area contributed by atoms with Crippen LogP contribution >= 0.6 is 12.1 Å². The highest BCUT2D eigenvalue weighted by atomic mass is 32.2. The van der Waals surface area contributed by atoms with E-state index in [-0.39, 0.29) is 24.7 Å². The largest absolute Gasteiger partial charge is 0.487 e. The molecule has 1 aliphatic heterocycles. The number of halogens is 1. The third-order valence-electron chi connectivity index (χ3n) is 5.04. The molecular formula is C23H17FN4O3S. The Bertz CT molecular complexity index is 1330. The lowest BCUT2D eigenvalue weighted by atomic mass is 10.1. The summed E-state index contributed by atoms with van der Waals surface area (Å²) in [6.45, 7) is 0.273. The Hall–Kier alpha value is -3.85. The summed E-state index contributed by atoms with van der Waals surface area (Å²) >= 11 is 1.03. The maximum atomic E-state index is 15.7. The number of carbonyl (C=O) groups excluding carboxylic acids is 2. The lowest BCUT2D eigenvalue weighted by Gasteiger charge is -2.21. The van der Waals surface area contributed by atoms with Crippen molar-refractivity contribution < 1.29 is 18.7 Å². The molecular weight excluding hydrogens is 431 g/mol. The van der Waals surface area contributed by atoms with Crippen molar-refractivity contribution in [2.45, 2.75) is 6.61 Å². The van der Waals surface area contributed by atoms with Crippen molar-refractivity contribution in [3.05, 3.63) is 83.9 Å². The Kier molecular flexibility index (Phi) is 5.24. The molecule has 3 aromatic carbocycles. The first-order valence-electron chi connectivity index (χ1n) is 9.80. The van der Waals surface area contributed by atoms with Crippen LogP contribution in [0.15, 0.2) is 66.9 Å². The summed E-state index contributed by atoms with van der Waals surface area (Å²) in [5.41, 5.74) is 2.14. The number of anilines is 1. The summed E-state index contributed by atoms with van der Waals surface area (Å²) in [6, 6.07) is 18.1. The average Bonchev–Trinajstić information content (AvgIpc) is 3.47. The zero-order valence-corrected chi connectivity index (χ0v) is 17.5. The molecule has 2 heterocycles. The summed E-state index contributed by atoms with van der Waals surface area (Å²) in [5, 5.41) is 5.18. The summed E-state index contributed by atoms with van der Waals surface area (Å²) < 4.78 is 27.4. The van der Waals surface area contributed by atoms with E-state index in [1.165, 1.54) is 0 Å². The summed E-state index contributed by atoms with van der Waals surface area (Å²) in [4.78, 5) is 22.7. The Labute approximate surface area is 187 Å². The fourth-order valence-electron chi connectivity index (χ4n) is 3.51. The van der Waals surface area contributed by atoms with Gasteiger partial charge in [-0.25, -0.2) is 9.07 Å². The molecule has 0 radical (unpaired) electrons. The number of nitrogens with zero attached hydrogens (tertiary/aromatic N) is 3. The molecule has 4 aromatic rings. The number of ether oxygens (including phenoxy) is 1. The minimum absolute atomic E-state index is 0.0225. The van der Waals surface area contributed by atoms with Gasteiger partial charge in [0, 0.05) is 11.6 Å². The third kappa shape index (κ3) is 3.78. The molecule has 1 amide bonds. The predicted molar refractivity (Wildman–Crippen MR) is 120 cm³/mol. The van der Waals surface area contributed by atoms with Gasteiger partial charge in [-0.2, -0.15) is 5.10 Å². The Morgan fingerprint density at radius 3 is 2.72 bits per heavy atom. The number of aromatic nitrogens is 2. The average molecular weight is 448 g/mol. The van der Waals surface area contributed by atoms with Gasteiger partial charge in [0.15, 0.2) is 12.1 Å². The Balaban J connectivity index is 1.59. The molecule has 0 atom stereocenters. The summed E-state index contributed by atoms with van der Waals surface area (Å²) in [6.07, 6.45) is 2.34. The number of nitrogens with one attached hydrogen (secondary N) is 1. The van der Waals surface area contributed by atoms with Crippen molar-refractivity contribution >= 4 is 40.8 Å². The summed E-state index contributed by atoms with van der Waals surface area (Å²) in [5.74, 6) is -0.354. The number of hydrogen-bond acceptors (Lipinski definition) is 6. The van der Waals surface area contributed by atoms with E-state index >= 15 is 4.39 Å². The highest BCUT2D eigenvalue weighted by molar-refractivity contribution is 7.99. The molecule has 160 valence electrons. The number of benzene rings is 3. The van der Waals surface area contributed by atoms with E-state index < -0.39 is 5.82 Å². The maximum absolute atomic E-state index is 15.7. The molecule has 0 unspecified atom stereocenters. The van der Waals surface area contributed by atoms with E-state index in [4.69, 9.17) is 4.74 Å². The zero-order chi connectivity index (χ0) is 22.1. The van der Waals surface area contributed by atoms with Crippen molar-refractivity contribution in [1.82, 2.24) is 14.5 Å². The highest BCUT2D eigenvalue weighted by Gasteiger charge is 2.28. The standard InChI is InChI=1S/C23H17FN4O3S/c24-22-19-7-6-18(27-9-8-17(13-29)25-27)10-16(19)11-20(23(22)28-12-21(30)26-32-28)31-14-15-4-2-1-3-5-15/h1-11,13H,12,14H2,(H,26,30). The van der Waals surface area contributed by atoms with E-state index in [0.29, 0.717) is 34.2 Å². The van der Waals surface area contributed by atoms with Crippen LogP contribution in [0.25, 0.3) is 16.5 Å². The van der Waals surface area contributed by atoms with Gasteiger partial charge in [-0.05, 0) is 41.3 Å². The van der Waals surface area contributed by atoms with E-state index in [9.17, 15) is 9.59 Å². The minimum Gasteiger partial charge on any atom is -0.487 e. The number of carbonyl (C=O) groups is 2. The van der Waals surface area contributed by atoms with Gasteiger partial charge >= 0.3 is 0 Å². The first-order chi connectivity index (χ1) is 15.6. The number of amides is 1. The van der Waals surface area contributed by atoms with Gasteiger partial charge < -0.3 is 4.74 Å². The van der Waals surface area contributed by atoms with Gasteiger partial charge in [0.05, 0.1) is 17.8 Å². The normalized spacial score (nSPS) is 13.4. The van der Waals surface area contributed by atoms with Crippen molar-refractivity contribution in [3.63, 3.8) is 0 Å². The van der Waals surface area contributed by atoms with Crippen LogP contribution in [0.4, 0.5) is 10.1 Å². The van der Waals surface area contributed by atoms with Gasteiger partial charge in [-0.1, -0.05) is 30.3 Å². The van der Waals surface area contributed by atoms with Crippen LogP contribution in [0.5, 0.6) is 5.75 Å². The Morgan fingerprint density at radius 2 is 2.00 bits per heavy atom. The lowest BCUT2D eigenvalue weighted by molar-refractivity contribution is -0.117. The second-order valence-corrected chi connectivity index (χ2v) is 8.00. The van der Waals surface area contributed by atoms with Crippen LogP contribution in [0.1, 0.15) is 16.1 Å². The molecule has 0 spiro atoms. The summed E-state index contributed by atoms with van der Waals surface area (Å²) in [7, 11) is 0. The van der Waals surface area contributed by atoms with Crippen LogP contribution in [0, 0.1) is 5.82 Å². The molecule has 0 bridgehead atoms. The molecule has 7 nitrogen and oxygen atoms in total. The Morgan fingerprint density at radius 1 is 1.16 bits per heavy atom. The first kappa shape index (κ1) is 20.1. The number of hydrogen-bond donors (Lipinski definition) is 1. The van der Waals surface area contributed by atoms with Gasteiger partial charge in [0.2, 0.25) is 0 Å². The van der Waals surface area contributed by atoms with Crippen LogP contribution in [0.2, 0.25) is 0 Å². The topological polar surface area (TPSA) is 76.5 Å². The molecule has 0 aliphatic carbocycles. The van der Waals surface area contributed by atoms with Gasteiger partial charge in [-0.3, -0.25) is 18.6 Å². The second kappa shape index (κ2) is 8.35. The molecule has 9 heteroatoms. The van der Waals surface area contributed by atoms with Crippen molar-refractivity contribution in [1.29, 1.82) is 0 Å². The second-order valence-electron chi connectivity index (χ2n) is 7.17. The van der Waals surface area contributed by atoms with Gasteiger partial charge in [0.1, 0.15) is 30.3 Å². The molecule has 1 saturated heterocycles. The fourth-order valence-corrected chi connectivity index (χ4v) is 4.23. The molecule has 1 aliphatic rings. The van der Waals surface area contributed by atoms with E-state index in [2.05, 4.69) is 9.82 Å². The molecule has 0 saturated carbocycles. The maximum Gasteiger partial charge on any atom is 0.251 e. The van der Waals surface area contributed by atoms with E-state index in [1.54, 1.807) is 45.5 Å².